The summed E-state index contributed by atoms with van der Waals surface area (Å²) < 4.78 is 14.1. The third kappa shape index (κ3) is 3.10. The molecule has 1 atom stereocenters. The van der Waals surface area contributed by atoms with Crippen LogP contribution in [0.15, 0.2) is 49.2 Å². The molecule has 3 heterocycles. The molecule has 0 aliphatic heterocycles. The van der Waals surface area contributed by atoms with Gasteiger partial charge in [0.25, 0.3) is 0 Å². The maximum atomic E-state index is 14.1. The van der Waals surface area contributed by atoms with Gasteiger partial charge in [0, 0.05) is 10.6 Å². The quantitative estimate of drug-likeness (QED) is 0.555. The SMILES string of the molecule is OC(c1ccc(Cl)cc1)c1cc(-c2ncncc2F)sc1-c1nnc[nH]1. The number of hydrogen-bond donors (Lipinski definition) is 2. The van der Waals surface area contributed by atoms with Gasteiger partial charge < -0.3 is 10.1 Å². The number of thiophene rings is 1. The zero-order chi connectivity index (χ0) is 18.1. The van der Waals surface area contributed by atoms with E-state index in [1.54, 1.807) is 30.3 Å². The first kappa shape index (κ1) is 16.8. The second-order valence-corrected chi connectivity index (χ2v) is 6.89. The van der Waals surface area contributed by atoms with Gasteiger partial charge in [0.15, 0.2) is 11.6 Å². The molecule has 3 aromatic heterocycles. The van der Waals surface area contributed by atoms with Crippen molar-refractivity contribution in [3.8, 4) is 21.3 Å². The van der Waals surface area contributed by atoms with Gasteiger partial charge in [-0.25, -0.2) is 14.4 Å². The molecule has 0 amide bonds. The molecule has 0 aliphatic rings. The molecule has 0 bridgehead atoms. The number of halogens is 2. The molecule has 0 aliphatic carbocycles. The molecule has 0 spiro atoms. The smallest absolute Gasteiger partial charge is 0.171 e. The van der Waals surface area contributed by atoms with Gasteiger partial charge in [-0.2, -0.15) is 0 Å². The summed E-state index contributed by atoms with van der Waals surface area (Å²) in [6, 6.07) is 8.57. The van der Waals surface area contributed by atoms with Crippen LogP contribution in [0.2, 0.25) is 5.02 Å². The minimum absolute atomic E-state index is 0.167. The fraction of sp³-hybridized carbons (Fsp3) is 0.0588. The number of aromatic nitrogens is 5. The fourth-order valence-electron chi connectivity index (χ4n) is 2.55. The van der Waals surface area contributed by atoms with Crippen molar-refractivity contribution in [2.45, 2.75) is 6.10 Å². The third-order valence-electron chi connectivity index (χ3n) is 3.77. The summed E-state index contributed by atoms with van der Waals surface area (Å²) in [6.45, 7) is 0. The minimum Gasteiger partial charge on any atom is -0.384 e. The number of nitrogens with one attached hydrogen (secondary N) is 1. The zero-order valence-electron chi connectivity index (χ0n) is 13.1. The number of aliphatic hydroxyl groups is 1. The fourth-order valence-corrected chi connectivity index (χ4v) is 3.81. The van der Waals surface area contributed by atoms with Gasteiger partial charge in [-0.15, -0.1) is 21.5 Å². The van der Waals surface area contributed by atoms with Crippen LogP contribution in [-0.4, -0.2) is 30.3 Å². The zero-order valence-corrected chi connectivity index (χ0v) is 14.7. The van der Waals surface area contributed by atoms with Crippen molar-refractivity contribution < 1.29 is 9.50 Å². The molecule has 9 heteroatoms. The van der Waals surface area contributed by atoms with Gasteiger partial charge in [-0.05, 0) is 23.8 Å². The second kappa shape index (κ2) is 6.91. The van der Waals surface area contributed by atoms with Crippen LogP contribution >= 0.6 is 22.9 Å². The lowest BCUT2D eigenvalue weighted by molar-refractivity contribution is 0.221. The molecule has 26 heavy (non-hydrogen) atoms. The van der Waals surface area contributed by atoms with Gasteiger partial charge in [-0.3, -0.25) is 0 Å². The van der Waals surface area contributed by atoms with Crippen LogP contribution < -0.4 is 0 Å². The average Bonchev–Trinajstić information content (AvgIpc) is 3.32. The van der Waals surface area contributed by atoms with Crippen molar-refractivity contribution in [3.63, 3.8) is 0 Å². The predicted octanol–water partition coefficient (Wildman–Crippen LogP) is 3.86. The lowest BCUT2D eigenvalue weighted by Gasteiger charge is -2.11. The third-order valence-corrected chi connectivity index (χ3v) is 5.19. The van der Waals surface area contributed by atoms with Crippen LogP contribution in [0, 0.1) is 5.82 Å². The Morgan fingerprint density at radius 2 is 2.04 bits per heavy atom. The molecular weight excluding hydrogens is 377 g/mol. The first-order chi connectivity index (χ1) is 12.6. The molecule has 6 nitrogen and oxygen atoms in total. The lowest BCUT2D eigenvalue weighted by atomic mass is 10.0. The Balaban J connectivity index is 1.85. The maximum absolute atomic E-state index is 14.1. The summed E-state index contributed by atoms with van der Waals surface area (Å²) >= 11 is 7.18. The van der Waals surface area contributed by atoms with Crippen LogP contribution in [-0.2, 0) is 0 Å². The van der Waals surface area contributed by atoms with Gasteiger partial charge in [0.1, 0.15) is 24.5 Å². The topological polar surface area (TPSA) is 87.6 Å². The highest BCUT2D eigenvalue weighted by molar-refractivity contribution is 7.19. The highest BCUT2D eigenvalue weighted by Gasteiger charge is 2.23. The Morgan fingerprint density at radius 3 is 2.73 bits per heavy atom. The first-order valence-corrected chi connectivity index (χ1v) is 8.72. The van der Waals surface area contributed by atoms with E-state index >= 15 is 0 Å². The Bertz CT molecular complexity index is 1040. The largest absolute Gasteiger partial charge is 0.384 e. The number of nitrogens with zero attached hydrogens (tertiary/aromatic N) is 4. The molecule has 1 unspecified atom stereocenters. The van der Waals surface area contributed by atoms with Crippen molar-refractivity contribution in [1.82, 2.24) is 25.1 Å². The van der Waals surface area contributed by atoms with Crippen molar-refractivity contribution >= 4 is 22.9 Å². The predicted molar refractivity (Wildman–Crippen MR) is 96.2 cm³/mol. The second-order valence-electron chi connectivity index (χ2n) is 5.41. The van der Waals surface area contributed by atoms with Gasteiger partial charge in [0.05, 0.1) is 16.0 Å². The average molecular weight is 388 g/mol. The number of benzene rings is 1. The number of aliphatic hydroxyl groups excluding tert-OH is 1. The van der Waals surface area contributed by atoms with E-state index < -0.39 is 11.9 Å². The molecular formula is C17H11ClFN5OS. The first-order valence-electron chi connectivity index (χ1n) is 7.53. The summed E-state index contributed by atoms with van der Waals surface area (Å²) in [5.74, 6) is -0.0517. The molecule has 0 saturated carbocycles. The van der Waals surface area contributed by atoms with Crippen LogP contribution in [0.25, 0.3) is 21.3 Å². The molecule has 0 saturated heterocycles. The van der Waals surface area contributed by atoms with Crippen molar-refractivity contribution in [2.75, 3.05) is 0 Å². The minimum atomic E-state index is -0.942. The van der Waals surface area contributed by atoms with Crippen molar-refractivity contribution in [1.29, 1.82) is 0 Å². The summed E-state index contributed by atoms with van der Waals surface area (Å²) in [7, 11) is 0. The van der Waals surface area contributed by atoms with Crippen LogP contribution in [0.4, 0.5) is 4.39 Å². The Morgan fingerprint density at radius 1 is 1.23 bits per heavy atom. The lowest BCUT2D eigenvalue weighted by Crippen LogP contribution is -2.00. The van der Waals surface area contributed by atoms with E-state index in [1.807, 2.05) is 0 Å². The van der Waals surface area contributed by atoms with E-state index in [1.165, 1.54) is 24.0 Å². The van der Waals surface area contributed by atoms with Gasteiger partial charge >= 0.3 is 0 Å². The summed E-state index contributed by atoms with van der Waals surface area (Å²) in [6.07, 6.45) is 2.88. The van der Waals surface area contributed by atoms with E-state index in [-0.39, 0.29) is 5.69 Å². The highest BCUT2D eigenvalue weighted by atomic mass is 35.5. The maximum Gasteiger partial charge on any atom is 0.171 e. The van der Waals surface area contributed by atoms with Crippen LogP contribution in [0.5, 0.6) is 0 Å². The highest BCUT2D eigenvalue weighted by Crippen LogP contribution is 2.41. The van der Waals surface area contributed by atoms with Crippen LogP contribution in [0.3, 0.4) is 0 Å². The normalized spacial score (nSPS) is 12.3. The van der Waals surface area contributed by atoms with E-state index in [4.69, 9.17) is 11.6 Å². The van der Waals surface area contributed by atoms with E-state index in [0.717, 1.165) is 6.20 Å². The summed E-state index contributed by atoms with van der Waals surface area (Å²) in [5.41, 5.74) is 1.39. The number of hydrogen-bond acceptors (Lipinski definition) is 6. The molecule has 4 aromatic rings. The molecule has 1 aromatic carbocycles. The van der Waals surface area contributed by atoms with Gasteiger partial charge in [0.2, 0.25) is 0 Å². The molecule has 4 rings (SSSR count). The molecule has 2 N–H and O–H groups in total. The number of rotatable bonds is 4. The van der Waals surface area contributed by atoms with Gasteiger partial charge in [-0.1, -0.05) is 23.7 Å². The van der Waals surface area contributed by atoms with Crippen molar-refractivity contribution in [2.24, 2.45) is 0 Å². The summed E-state index contributed by atoms with van der Waals surface area (Å²) in [4.78, 5) is 11.8. The Kier molecular flexibility index (Phi) is 4.46. The Hall–Kier alpha value is -2.68. The molecule has 0 radical (unpaired) electrons. The van der Waals surface area contributed by atoms with Crippen molar-refractivity contribution in [3.05, 3.63) is 71.2 Å². The monoisotopic (exact) mass is 387 g/mol. The summed E-state index contributed by atoms with van der Waals surface area (Å²) in [5, 5.41) is 19.2. The molecule has 130 valence electrons. The Labute approximate surface area is 156 Å². The molecule has 0 fully saturated rings. The van der Waals surface area contributed by atoms with E-state index in [9.17, 15) is 9.50 Å². The van der Waals surface area contributed by atoms with E-state index in [0.29, 0.717) is 31.7 Å². The van der Waals surface area contributed by atoms with E-state index in [2.05, 4.69) is 25.1 Å². The van der Waals surface area contributed by atoms with Crippen LogP contribution in [0.1, 0.15) is 17.2 Å². The number of H-pyrrole nitrogens is 1. The standard InChI is InChI=1S/C17H11ClFN5OS/c18-10-3-1-9(2-4-10)15(25)11-5-13(14-12(19)6-20-7-21-14)26-16(11)17-22-8-23-24-17/h1-8,15,25H,(H,22,23,24). The number of aromatic amines is 1.